The summed E-state index contributed by atoms with van der Waals surface area (Å²) in [5.74, 6) is -0.0989. The molecule has 21 heavy (non-hydrogen) atoms. The van der Waals surface area contributed by atoms with Gasteiger partial charge in [0.15, 0.2) is 0 Å². The molecule has 0 aliphatic carbocycles. The summed E-state index contributed by atoms with van der Waals surface area (Å²) >= 11 is 0. The van der Waals surface area contributed by atoms with E-state index in [1.165, 1.54) is 11.4 Å². The smallest absolute Gasteiger partial charge is 0.264 e. The first kappa shape index (κ1) is 15.1. The van der Waals surface area contributed by atoms with Crippen LogP contribution in [0.3, 0.4) is 0 Å². The number of aryl methyl sites for hydroxylation is 1. The minimum Gasteiger partial charge on any atom is -0.384 e. The summed E-state index contributed by atoms with van der Waals surface area (Å²) in [6, 6.07) is 13.3. The van der Waals surface area contributed by atoms with E-state index in [0.717, 1.165) is 5.56 Å². The van der Waals surface area contributed by atoms with E-state index in [1.807, 2.05) is 13.0 Å². The molecule has 0 saturated heterocycles. The molecule has 0 atom stereocenters. The fourth-order valence-corrected chi connectivity index (χ4v) is 3.23. The van der Waals surface area contributed by atoms with Crippen LogP contribution in [0.15, 0.2) is 53.4 Å². The van der Waals surface area contributed by atoms with Crippen LogP contribution in [0.4, 0.5) is 5.69 Å². The van der Waals surface area contributed by atoms with Crippen LogP contribution >= 0.6 is 0 Å². The number of nitrogens with zero attached hydrogens (tertiary/aromatic N) is 1. The first-order valence-corrected chi connectivity index (χ1v) is 7.76. The SMILES string of the molecule is Cc1cccc(S(=O)(=O)N(C)c2cccc(C(=N)N)c2)c1. The van der Waals surface area contributed by atoms with Gasteiger partial charge in [0.2, 0.25) is 0 Å². The molecule has 2 aromatic rings. The van der Waals surface area contributed by atoms with Crippen LogP contribution in [0.1, 0.15) is 11.1 Å². The maximum Gasteiger partial charge on any atom is 0.264 e. The zero-order valence-electron chi connectivity index (χ0n) is 11.9. The molecule has 3 N–H and O–H groups in total. The summed E-state index contributed by atoms with van der Waals surface area (Å²) in [5, 5.41) is 7.43. The van der Waals surface area contributed by atoms with Gasteiger partial charge < -0.3 is 5.73 Å². The van der Waals surface area contributed by atoms with E-state index in [2.05, 4.69) is 0 Å². The summed E-state index contributed by atoms with van der Waals surface area (Å²) in [6.45, 7) is 1.84. The molecule has 0 bridgehead atoms. The van der Waals surface area contributed by atoms with Crippen LogP contribution in [-0.4, -0.2) is 21.3 Å². The lowest BCUT2D eigenvalue weighted by atomic mass is 10.2. The second-order valence-electron chi connectivity index (χ2n) is 4.75. The lowest BCUT2D eigenvalue weighted by molar-refractivity contribution is 0.594. The van der Waals surface area contributed by atoms with Gasteiger partial charge in [-0.2, -0.15) is 0 Å². The third kappa shape index (κ3) is 3.05. The largest absolute Gasteiger partial charge is 0.384 e. The van der Waals surface area contributed by atoms with Gasteiger partial charge in [-0.15, -0.1) is 0 Å². The molecule has 0 aromatic heterocycles. The number of rotatable bonds is 4. The zero-order valence-corrected chi connectivity index (χ0v) is 12.7. The molecule has 2 aromatic carbocycles. The molecule has 0 saturated carbocycles. The highest BCUT2D eigenvalue weighted by Crippen LogP contribution is 2.23. The minimum absolute atomic E-state index is 0.0989. The zero-order chi connectivity index (χ0) is 15.6. The number of nitrogen functional groups attached to an aromatic ring is 1. The number of nitrogens with one attached hydrogen (secondary N) is 1. The Labute approximate surface area is 124 Å². The van der Waals surface area contributed by atoms with E-state index in [1.54, 1.807) is 42.5 Å². The predicted octanol–water partition coefficient (Wildman–Crippen LogP) is 2.10. The predicted molar refractivity (Wildman–Crippen MR) is 84.2 cm³/mol. The number of anilines is 1. The Bertz CT molecular complexity index is 785. The molecule has 0 spiro atoms. The highest BCUT2D eigenvalue weighted by atomic mass is 32.2. The third-order valence-electron chi connectivity index (χ3n) is 3.17. The maximum absolute atomic E-state index is 12.6. The van der Waals surface area contributed by atoms with E-state index in [0.29, 0.717) is 11.3 Å². The minimum atomic E-state index is -3.63. The molecule has 0 fully saturated rings. The van der Waals surface area contributed by atoms with Gasteiger partial charge in [-0.25, -0.2) is 8.42 Å². The van der Waals surface area contributed by atoms with Crippen molar-refractivity contribution in [1.82, 2.24) is 0 Å². The lowest BCUT2D eigenvalue weighted by Crippen LogP contribution is -2.27. The Morgan fingerprint density at radius 3 is 2.43 bits per heavy atom. The average molecular weight is 303 g/mol. The molecule has 0 radical (unpaired) electrons. The number of amidine groups is 1. The molecular formula is C15H17N3O2S. The maximum atomic E-state index is 12.6. The van der Waals surface area contributed by atoms with E-state index in [4.69, 9.17) is 11.1 Å². The van der Waals surface area contributed by atoms with Gasteiger partial charge in [0.25, 0.3) is 10.0 Å². The van der Waals surface area contributed by atoms with Crippen LogP contribution in [0, 0.1) is 12.3 Å². The molecule has 2 rings (SSSR count). The summed E-state index contributed by atoms with van der Waals surface area (Å²) in [5.41, 5.74) is 7.26. The van der Waals surface area contributed by atoms with E-state index in [9.17, 15) is 8.42 Å². The summed E-state index contributed by atoms with van der Waals surface area (Å²) < 4.78 is 26.4. The van der Waals surface area contributed by atoms with Crippen molar-refractivity contribution in [1.29, 1.82) is 5.41 Å². The van der Waals surface area contributed by atoms with Gasteiger partial charge in [0.1, 0.15) is 5.84 Å². The second kappa shape index (κ2) is 5.57. The van der Waals surface area contributed by atoms with Crippen molar-refractivity contribution in [3.8, 4) is 0 Å². The molecule has 0 aliphatic rings. The lowest BCUT2D eigenvalue weighted by Gasteiger charge is -2.20. The van der Waals surface area contributed by atoms with Gasteiger partial charge in [-0.05, 0) is 36.8 Å². The van der Waals surface area contributed by atoms with E-state index < -0.39 is 10.0 Å². The van der Waals surface area contributed by atoms with Crippen molar-refractivity contribution in [2.75, 3.05) is 11.4 Å². The van der Waals surface area contributed by atoms with Crippen LogP contribution in [-0.2, 0) is 10.0 Å². The van der Waals surface area contributed by atoms with Gasteiger partial charge in [0.05, 0.1) is 10.6 Å². The summed E-state index contributed by atoms with van der Waals surface area (Å²) in [4.78, 5) is 0.234. The molecule has 6 heteroatoms. The molecule has 0 unspecified atom stereocenters. The van der Waals surface area contributed by atoms with Crippen molar-refractivity contribution < 1.29 is 8.42 Å². The highest BCUT2D eigenvalue weighted by Gasteiger charge is 2.21. The molecular weight excluding hydrogens is 286 g/mol. The van der Waals surface area contributed by atoms with E-state index in [-0.39, 0.29) is 10.7 Å². The van der Waals surface area contributed by atoms with Crippen LogP contribution in [0.5, 0.6) is 0 Å². The summed E-state index contributed by atoms with van der Waals surface area (Å²) in [7, 11) is -2.15. The van der Waals surface area contributed by atoms with Crippen molar-refractivity contribution >= 4 is 21.5 Å². The van der Waals surface area contributed by atoms with Gasteiger partial charge >= 0.3 is 0 Å². The van der Waals surface area contributed by atoms with Crippen molar-refractivity contribution in [3.05, 3.63) is 59.7 Å². The second-order valence-corrected chi connectivity index (χ2v) is 6.72. The Kier molecular flexibility index (Phi) is 3.99. The Morgan fingerprint density at radius 2 is 1.81 bits per heavy atom. The number of nitrogens with two attached hydrogens (primary N) is 1. The quantitative estimate of drug-likeness (QED) is 0.670. The monoisotopic (exact) mass is 303 g/mol. The van der Waals surface area contributed by atoms with Crippen LogP contribution < -0.4 is 10.0 Å². The molecule has 0 aliphatic heterocycles. The van der Waals surface area contributed by atoms with Gasteiger partial charge in [-0.3, -0.25) is 9.71 Å². The first-order valence-electron chi connectivity index (χ1n) is 6.32. The molecule has 0 heterocycles. The molecule has 5 nitrogen and oxygen atoms in total. The topological polar surface area (TPSA) is 87.2 Å². The first-order chi connectivity index (χ1) is 9.82. The van der Waals surface area contributed by atoms with Crippen molar-refractivity contribution in [2.45, 2.75) is 11.8 Å². The van der Waals surface area contributed by atoms with Crippen LogP contribution in [0.2, 0.25) is 0 Å². The summed E-state index contributed by atoms with van der Waals surface area (Å²) in [6.07, 6.45) is 0. The van der Waals surface area contributed by atoms with Crippen molar-refractivity contribution in [3.63, 3.8) is 0 Å². The fraction of sp³-hybridized carbons (Fsp3) is 0.133. The van der Waals surface area contributed by atoms with Crippen LogP contribution in [0.25, 0.3) is 0 Å². The van der Waals surface area contributed by atoms with Gasteiger partial charge in [-0.1, -0.05) is 24.3 Å². The molecule has 0 amide bonds. The van der Waals surface area contributed by atoms with E-state index >= 15 is 0 Å². The van der Waals surface area contributed by atoms with Gasteiger partial charge in [0, 0.05) is 12.6 Å². The fourth-order valence-electron chi connectivity index (χ4n) is 1.94. The Balaban J connectivity index is 2.45. The highest BCUT2D eigenvalue weighted by molar-refractivity contribution is 7.92. The number of hydrogen-bond acceptors (Lipinski definition) is 3. The number of sulfonamides is 1. The normalized spacial score (nSPS) is 11.1. The Morgan fingerprint density at radius 1 is 1.14 bits per heavy atom. The third-order valence-corrected chi connectivity index (χ3v) is 4.95. The number of benzene rings is 2. The average Bonchev–Trinajstić information content (AvgIpc) is 2.46. The number of hydrogen-bond donors (Lipinski definition) is 2. The molecule has 110 valence electrons. The Hall–Kier alpha value is -2.34. The standard InChI is InChI=1S/C15H17N3O2S/c1-11-5-3-8-14(9-11)21(19,20)18(2)13-7-4-6-12(10-13)15(16)17/h3-10H,1-2H3,(H3,16,17). The van der Waals surface area contributed by atoms with Crippen molar-refractivity contribution in [2.24, 2.45) is 5.73 Å².